The van der Waals surface area contributed by atoms with Crippen LogP contribution in [0.5, 0.6) is 11.5 Å². The standard InChI is InChI=1S/C27H32N4O5/c1-2-13-27(25(33)31(26(34)29-27)17-12-20-7-5-6-14-28-20)19-10-15-30(16-11-19)24(32)23-18-35-21-8-3-4-9-22(21)36-23/h3-9,14,19,23H,2,10-13,15-18H2,1H3,(H,29,34)/t23-,27-/m1/s1. The van der Waals surface area contributed by atoms with Crippen molar-refractivity contribution in [3.63, 3.8) is 0 Å². The molecule has 190 valence electrons. The van der Waals surface area contributed by atoms with Gasteiger partial charge in [-0.15, -0.1) is 0 Å². The number of nitrogens with one attached hydrogen (secondary N) is 1. The highest BCUT2D eigenvalue weighted by molar-refractivity contribution is 6.07. The molecule has 2 fully saturated rings. The number of nitrogens with zero attached hydrogens (tertiary/aromatic N) is 3. The Labute approximate surface area is 210 Å². The summed E-state index contributed by atoms with van der Waals surface area (Å²) in [4.78, 5) is 47.1. The molecular formula is C27H32N4O5. The second kappa shape index (κ2) is 10.2. The average Bonchev–Trinajstić information content (AvgIpc) is 3.16. The smallest absolute Gasteiger partial charge is 0.325 e. The van der Waals surface area contributed by atoms with Crippen molar-refractivity contribution in [1.82, 2.24) is 20.1 Å². The summed E-state index contributed by atoms with van der Waals surface area (Å²) in [5.41, 5.74) is -0.0801. The normalized spacial score (nSPS) is 24.1. The fraction of sp³-hybridized carbons (Fsp3) is 0.481. The molecule has 5 rings (SSSR count). The maximum absolute atomic E-state index is 13.6. The number of hydrogen-bond donors (Lipinski definition) is 1. The zero-order chi connectivity index (χ0) is 25.1. The molecule has 36 heavy (non-hydrogen) atoms. The van der Waals surface area contributed by atoms with Crippen molar-refractivity contribution in [3.05, 3.63) is 54.4 Å². The van der Waals surface area contributed by atoms with Gasteiger partial charge >= 0.3 is 6.03 Å². The van der Waals surface area contributed by atoms with E-state index in [4.69, 9.17) is 9.47 Å². The molecule has 9 nitrogen and oxygen atoms in total. The highest BCUT2D eigenvalue weighted by Gasteiger charge is 2.55. The molecule has 0 aliphatic carbocycles. The van der Waals surface area contributed by atoms with Crippen LogP contribution in [-0.2, 0) is 16.0 Å². The first kappa shape index (κ1) is 24.1. The summed E-state index contributed by atoms with van der Waals surface area (Å²) in [5, 5.41) is 3.06. The Kier molecular flexibility index (Phi) is 6.80. The molecule has 4 heterocycles. The van der Waals surface area contributed by atoms with E-state index in [-0.39, 0.29) is 30.4 Å². The van der Waals surface area contributed by atoms with Crippen molar-refractivity contribution in [2.75, 3.05) is 26.2 Å². The number of aromatic nitrogens is 1. The number of benzene rings is 1. The number of carbonyl (C=O) groups is 3. The van der Waals surface area contributed by atoms with E-state index >= 15 is 0 Å². The molecule has 0 saturated carbocycles. The second-order valence-corrected chi connectivity index (χ2v) is 9.64. The van der Waals surface area contributed by atoms with Gasteiger partial charge in [0.2, 0.25) is 6.10 Å². The number of imide groups is 1. The van der Waals surface area contributed by atoms with Gasteiger partial charge in [-0.2, -0.15) is 0 Å². The Morgan fingerprint density at radius 3 is 2.58 bits per heavy atom. The molecule has 0 spiro atoms. The third-order valence-corrected chi connectivity index (χ3v) is 7.45. The molecule has 0 unspecified atom stereocenters. The van der Waals surface area contributed by atoms with E-state index in [0.29, 0.717) is 56.8 Å². The number of urea groups is 1. The second-order valence-electron chi connectivity index (χ2n) is 9.64. The molecular weight excluding hydrogens is 460 g/mol. The predicted molar refractivity (Wildman–Crippen MR) is 131 cm³/mol. The summed E-state index contributed by atoms with van der Waals surface area (Å²) >= 11 is 0. The zero-order valence-corrected chi connectivity index (χ0v) is 20.5. The summed E-state index contributed by atoms with van der Waals surface area (Å²) < 4.78 is 11.6. The maximum atomic E-state index is 13.6. The first-order chi connectivity index (χ1) is 17.5. The Bertz CT molecular complexity index is 1120. The lowest BCUT2D eigenvalue weighted by Gasteiger charge is -2.41. The van der Waals surface area contributed by atoms with Crippen LogP contribution in [0.3, 0.4) is 0 Å². The van der Waals surface area contributed by atoms with Gasteiger partial charge in [0.1, 0.15) is 12.1 Å². The summed E-state index contributed by atoms with van der Waals surface area (Å²) in [7, 11) is 0. The Morgan fingerprint density at radius 2 is 1.86 bits per heavy atom. The van der Waals surface area contributed by atoms with E-state index in [1.165, 1.54) is 4.90 Å². The number of para-hydroxylation sites is 2. The number of fused-ring (bicyclic) bond motifs is 1. The van der Waals surface area contributed by atoms with Crippen LogP contribution >= 0.6 is 0 Å². The number of likely N-dealkylation sites (tertiary alicyclic amines) is 1. The van der Waals surface area contributed by atoms with Crippen LogP contribution in [0.2, 0.25) is 0 Å². The Hall–Kier alpha value is -3.62. The van der Waals surface area contributed by atoms with E-state index in [9.17, 15) is 14.4 Å². The van der Waals surface area contributed by atoms with Gasteiger partial charge in [0, 0.05) is 37.9 Å². The summed E-state index contributed by atoms with van der Waals surface area (Å²) in [6.45, 7) is 3.51. The van der Waals surface area contributed by atoms with Gasteiger partial charge in [-0.1, -0.05) is 31.5 Å². The fourth-order valence-corrected chi connectivity index (χ4v) is 5.60. The molecule has 3 aliphatic rings. The van der Waals surface area contributed by atoms with Gasteiger partial charge in [-0.3, -0.25) is 19.5 Å². The highest BCUT2D eigenvalue weighted by Crippen LogP contribution is 2.38. The number of hydrogen-bond acceptors (Lipinski definition) is 6. The van der Waals surface area contributed by atoms with Crippen molar-refractivity contribution >= 4 is 17.8 Å². The topological polar surface area (TPSA) is 101 Å². The minimum absolute atomic E-state index is 0.0398. The molecule has 2 saturated heterocycles. The summed E-state index contributed by atoms with van der Waals surface area (Å²) in [6.07, 6.45) is 4.16. The van der Waals surface area contributed by atoms with Crippen LogP contribution in [0.4, 0.5) is 4.79 Å². The molecule has 1 aromatic heterocycles. The lowest BCUT2D eigenvalue weighted by Crippen LogP contribution is -2.57. The molecule has 2 aromatic rings. The largest absolute Gasteiger partial charge is 0.485 e. The summed E-state index contributed by atoms with van der Waals surface area (Å²) in [5.74, 6) is 0.915. The lowest BCUT2D eigenvalue weighted by atomic mass is 9.74. The molecule has 1 aromatic carbocycles. The van der Waals surface area contributed by atoms with Crippen LogP contribution in [0.15, 0.2) is 48.7 Å². The quantitative estimate of drug-likeness (QED) is 0.597. The highest BCUT2D eigenvalue weighted by atomic mass is 16.6. The van der Waals surface area contributed by atoms with Gasteiger partial charge in [-0.05, 0) is 49.4 Å². The van der Waals surface area contributed by atoms with Gasteiger partial charge < -0.3 is 19.7 Å². The molecule has 0 bridgehead atoms. The lowest BCUT2D eigenvalue weighted by molar-refractivity contribution is -0.143. The third kappa shape index (κ3) is 4.50. The molecule has 2 atom stereocenters. The monoisotopic (exact) mass is 492 g/mol. The predicted octanol–water partition coefficient (Wildman–Crippen LogP) is 2.79. The van der Waals surface area contributed by atoms with Gasteiger partial charge in [0.05, 0.1) is 0 Å². The molecule has 1 N–H and O–H groups in total. The fourth-order valence-electron chi connectivity index (χ4n) is 5.60. The Balaban J connectivity index is 1.22. The van der Waals surface area contributed by atoms with E-state index in [1.807, 2.05) is 43.3 Å². The first-order valence-electron chi connectivity index (χ1n) is 12.7. The van der Waals surface area contributed by atoms with Crippen molar-refractivity contribution in [2.45, 2.75) is 50.7 Å². The van der Waals surface area contributed by atoms with Crippen LogP contribution in [0, 0.1) is 5.92 Å². The summed E-state index contributed by atoms with van der Waals surface area (Å²) in [6, 6.07) is 12.6. The van der Waals surface area contributed by atoms with E-state index in [1.54, 1.807) is 17.2 Å². The molecule has 4 amide bonds. The van der Waals surface area contributed by atoms with E-state index in [0.717, 1.165) is 12.1 Å². The van der Waals surface area contributed by atoms with Crippen molar-refractivity contribution < 1.29 is 23.9 Å². The zero-order valence-electron chi connectivity index (χ0n) is 20.5. The number of piperidine rings is 1. The van der Waals surface area contributed by atoms with Gasteiger partial charge in [0.25, 0.3) is 11.8 Å². The van der Waals surface area contributed by atoms with Gasteiger partial charge in [0.15, 0.2) is 11.5 Å². The van der Waals surface area contributed by atoms with Gasteiger partial charge in [-0.25, -0.2) is 4.79 Å². The van der Waals surface area contributed by atoms with Crippen molar-refractivity contribution in [3.8, 4) is 11.5 Å². The van der Waals surface area contributed by atoms with E-state index < -0.39 is 11.6 Å². The minimum atomic E-state index is -0.922. The number of amides is 4. The minimum Gasteiger partial charge on any atom is -0.485 e. The SMILES string of the molecule is CCC[C@]1(C2CCN(C(=O)[C@H]3COc4ccccc4O3)CC2)NC(=O)N(CCc2ccccn2)C1=O. The molecule has 3 aliphatic heterocycles. The molecule has 9 heteroatoms. The molecule has 0 radical (unpaired) electrons. The Morgan fingerprint density at radius 1 is 1.11 bits per heavy atom. The number of ether oxygens (including phenoxy) is 2. The first-order valence-corrected chi connectivity index (χ1v) is 12.7. The van der Waals surface area contributed by atoms with Crippen LogP contribution in [0.25, 0.3) is 0 Å². The van der Waals surface area contributed by atoms with Crippen LogP contribution in [0.1, 0.15) is 38.3 Å². The maximum Gasteiger partial charge on any atom is 0.325 e. The number of rotatable bonds is 7. The average molecular weight is 493 g/mol. The van der Waals surface area contributed by atoms with E-state index in [2.05, 4.69) is 10.3 Å². The van der Waals surface area contributed by atoms with Crippen molar-refractivity contribution in [1.29, 1.82) is 0 Å². The van der Waals surface area contributed by atoms with Crippen LogP contribution < -0.4 is 14.8 Å². The number of carbonyl (C=O) groups excluding carboxylic acids is 3. The van der Waals surface area contributed by atoms with Crippen molar-refractivity contribution in [2.24, 2.45) is 5.92 Å². The van der Waals surface area contributed by atoms with Crippen LogP contribution in [-0.4, -0.2) is 70.5 Å². The number of pyridine rings is 1. The third-order valence-electron chi connectivity index (χ3n) is 7.45.